The van der Waals surface area contributed by atoms with Gasteiger partial charge in [0.2, 0.25) is 0 Å². The van der Waals surface area contributed by atoms with E-state index < -0.39 is 0 Å². The van der Waals surface area contributed by atoms with Crippen molar-refractivity contribution in [3.05, 3.63) is 0 Å². The summed E-state index contributed by atoms with van der Waals surface area (Å²) in [6, 6.07) is 0. The largest absolute Gasteiger partial charge is 0.339 e. The van der Waals surface area contributed by atoms with E-state index in [0.717, 1.165) is 0 Å². The van der Waals surface area contributed by atoms with Gasteiger partial charge < -0.3 is 9.05 Å². The topological polar surface area (TPSA) is 18.5 Å². The summed E-state index contributed by atoms with van der Waals surface area (Å²) >= 11 is 0. The smallest absolute Gasteiger partial charge is 0.153 e. The third-order valence-electron chi connectivity index (χ3n) is 0.379. The standard InChI is InChI=1S/C3H10O2P2.W.Y/c1-7(2)5-3-4-6;;/h3,6H2,1-2H3;;. The summed E-state index contributed by atoms with van der Waals surface area (Å²) in [5, 5.41) is 0. The minimum atomic E-state index is -0.245. The maximum atomic E-state index is 5.01. The molecule has 0 bridgehead atoms. The Bertz CT molecular complexity index is 48.8. The molecular formula is C3H10O2P2WY. The Hall–Kier alpha value is 2.57. The van der Waals surface area contributed by atoms with Crippen LogP contribution in [0.4, 0.5) is 0 Å². The van der Waals surface area contributed by atoms with Crippen LogP contribution < -0.4 is 0 Å². The average molecular weight is 413 g/mol. The van der Waals surface area contributed by atoms with Crippen molar-refractivity contribution in [2.75, 3.05) is 20.1 Å². The second-order valence-electron chi connectivity index (χ2n) is 1.23. The van der Waals surface area contributed by atoms with Gasteiger partial charge in [0.15, 0.2) is 6.79 Å². The fraction of sp³-hybridized carbons (Fsp3) is 1.00. The second-order valence-corrected chi connectivity index (χ2v) is 3.44. The Kier molecular flexibility index (Phi) is 25.8. The Morgan fingerprint density at radius 3 is 2.00 bits per heavy atom. The van der Waals surface area contributed by atoms with Gasteiger partial charge >= 0.3 is 0 Å². The summed E-state index contributed by atoms with van der Waals surface area (Å²) < 4.78 is 9.58. The third kappa shape index (κ3) is 18.0. The van der Waals surface area contributed by atoms with E-state index in [0.29, 0.717) is 6.79 Å². The first kappa shape index (κ1) is 17.6. The zero-order valence-corrected chi connectivity index (χ0v) is 13.4. The van der Waals surface area contributed by atoms with Crippen molar-refractivity contribution in [3.63, 3.8) is 0 Å². The van der Waals surface area contributed by atoms with E-state index in [1.807, 2.05) is 13.3 Å². The molecule has 53 valence electrons. The van der Waals surface area contributed by atoms with Crippen LogP contribution in [-0.2, 0) is 62.8 Å². The first-order valence-electron chi connectivity index (χ1n) is 1.89. The second kappa shape index (κ2) is 13.2. The van der Waals surface area contributed by atoms with Gasteiger partial charge in [0.1, 0.15) is 0 Å². The van der Waals surface area contributed by atoms with E-state index in [1.165, 1.54) is 0 Å². The summed E-state index contributed by atoms with van der Waals surface area (Å²) in [4.78, 5) is 0. The Labute approximate surface area is 99.5 Å². The molecule has 0 aliphatic rings. The first-order valence-corrected chi connectivity index (χ1v) is 4.52. The molecule has 0 aromatic carbocycles. The molecule has 1 unspecified atom stereocenters. The molecular weight excluding hydrogens is 403 g/mol. The molecule has 2 nitrogen and oxygen atoms in total. The predicted octanol–water partition coefficient (Wildman–Crippen LogP) is 1.42. The molecule has 0 aliphatic carbocycles. The quantitative estimate of drug-likeness (QED) is 0.515. The maximum absolute atomic E-state index is 5.01. The van der Waals surface area contributed by atoms with Gasteiger partial charge in [-0.05, 0) is 13.3 Å². The van der Waals surface area contributed by atoms with Crippen molar-refractivity contribution in [1.29, 1.82) is 0 Å². The van der Waals surface area contributed by atoms with Crippen molar-refractivity contribution >= 4 is 17.6 Å². The Morgan fingerprint density at radius 2 is 1.89 bits per heavy atom. The molecule has 0 N–H and O–H groups in total. The van der Waals surface area contributed by atoms with Gasteiger partial charge in [-0.1, -0.05) is 0 Å². The van der Waals surface area contributed by atoms with Crippen LogP contribution in [0.5, 0.6) is 0 Å². The van der Waals surface area contributed by atoms with Crippen LogP contribution in [-0.4, -0.2) is 20.1 Å². The monoisotopic (exact) mass is 413 g/mol. The summed E-state index contributed by atoms with van der Waals surface area (Å²) in [5.41, 5.74) is 0. The minimum Gasteiger partial charge on any atom is -0.339 e. The molecule has 6 heteroatoms. The minimum absolute atomic E-state index is 0. The fourth-order valence-corrected chi connectivity index (χ4v) is 0.590. The average Bonchev–Trinajstić information content (AvgIpc) is 1.61. The van der Waals surface area contributed by atoms with Crippen LogP contribution in [0.2, 0.25) is 0 Å². The normalized spacial score (nSPS) is 8.00. The van der Waals surface area contributed by atoms with E-state index in [-0.39, 0.29) is 61.9 Å². The summed E-state index contributed by atoms with van der Waals surface area (Å²) in [5.74, 6) is 0. The van der Waals surface area contributed by atoms with Gasteiger partial charge in [-0.2, -0.15) is 0 Å². The SMILES string of the molecule is CP(C)OCOP.[W].[Y]. The van der Waals surface area contributed by atoms with Gasteiger partial charge in [0.25, 0.3) is 0 Å². The van der Waals surface area contributed by atoms with Crippen LogP contribution in [0.1, 0.15) is 0 Å². The number of hydrogen-bond donors (Lipinski definition) is 0. The molecule has 9 heavy (non-hydrogen) atoms. The molecule has 0 aliphatic heterocycles. The molecule has 0 fully saturated rings. The molecule has 0 spiro atoms. The molecule has 0 saturated carbocycles. The summed E-state index contributed by atoms with van der Waals surface area (Å²) in [7, 11) is 1.89. The van der Waals surface area contributed by atoms with Crippen molar-refractivity contribution in [1.82, 2.24) is 0 Å². The van der Waals surface area contributed by atoms with Crippen molar-refractivity contribution < 1.29 is 62.8 Å². The molecule has 1 radical (unpaired) electrons. The van der Waals surface area contributed by atoms with Gasteiger partial charge in [0.05, 0.1) is 0 Å². The van der Waals surface area contributed by atoms with E-state index >= 15 is 0 Å². The Morgan fingerprint density at radius 1 is 1.44 bits per heavy atom. The zero-order chi connectivity index (χ0) is 5.70. The van der Waals surface area contributed by atoms with Crippen molar-refractivity contribution in [3.8, 4) is 0 Å². The summed E-state index contributed by atoms with van der Waals surface area (Å²) in [6.45, 7) is 4.45. The summed E-state index contributed by atoms with van der Waals surface area (Å²) in [6.07, 6.45) is 0. The van der Waals surface area contributed by atoms with Gasteiger partial charge in [-0.15, -0.1) is 0 Å². The zero-order valence-electron chi connectivity index (χ0n) is 5.53. The molecule has 0 amide bonds. The first-order chi connectivity index (χ1) is 3.27. The van der Waals surface area contributed by atoms with Crippen LogP contribution in [0.15, 0.2) is 0 Å². The predicted molar refractivity (Wildman–Crippen MR) is 35.5 cm³/mol. The van der Waals surface area contributed by atoms with Crippen LogP contribution in [0, 0.1) is 0 Å². The van der Waals surface area contributed by atoms with E-state index in [1.54, 1.807) is 0 Å². The Balaban J connectivity index is -0.000000180. The number of rotatable bonds is 3. The van der Waals surface area contributed by atoms with E-state index in [9.17, 15) is 0 Å². The van der Waals surface area contributed by atoms with Crippen molar-refractivity contribution in [2.45, 2.75) is 0 Å². The van der Waals surface area contributed by atoms with Gasteiger partial charge in [-0.25, -0.2) is 0 Å². The molecule has 0 rings (SSSR count). The van der Waals surface area contributed by atoms with Crippen molar-refractivity contribution in [2.24, 2.45) is 0 Å². The molecule has 1 atom stereocenters. The fourth-order valence-electron chi connectivity index (χ4n) is 0.136. The molecule has 0 heterocycles. The van der Waals surface area contributed by atoms with Gasteiger partial charge in [0, 0.05) is 71.4 Å². The van der Waals surface area contributed by atoms with Crippen LogP contribution >= 0.6 is 17.6 Å². The molecule has 0 saturated heterocycles. The third-order valence-corrected chi connectivity index (χ3v) is 1.14. The van der Waals surface area contributed by atoms with Crippen LogP contribution in [0.3, 0.4) is 0 Å². The molecule has 0 aromatic rings. The molecule has 0 aromatic heterocycles. The van der Waals surface area contributed by atoms with Gasteiger partial charge in [-0.3, -0.25) is 0 Å². The van der Waals surface area contributed by atoms with E-state index in [4.69, 9.17) is 4.52 Å². The van der Waals surface area contributed by atoms with Crippen LogP contribution in [0.25, 0.3) is 0 Å². The number of hydrogen-bond acceptors (Lipinski definition) is 2. The maximum Gasteiger partial charge on any atom is 0.153 e. The van der Waals surface area contributed by atoms with E-state index in [2.05, 4.69) is 14.0 Å².